The van der Waals surface area contributed by atoms with Gasteiger partial charge in [0, 0.05) is 78.9 Å². The van der Waals surface area contributed by atoms with Gasteiger partial charge in [-0.25, -0.2) is 4.68 Å². The maximum atomic E-state index is 13.9. The fourth-order valence-electron chi connectivity index (χ4n) is 11.0. The molecule has 12 rings (SSSR count). The number of aliphatic carboxylic acids is 2. The fourth-order valence-corrected chi connectivity index (χ4v) is 21.3. The molecule has 2 aliphatic rings. The van der Waals surface area contributed by atoms with Crippen molar-refractivity contribution in [2.24, 2.45) is 0 Å². The van der Waals surface area contributed by atoms with E-state index in [-0.39, 0.29) is 23.9 Å². The summed E-state index contributed by atoms with van der Waals surface area (Å²) in [5, 5.41) is 30.3. The van der Waals surface area contributed by atoms with Crippen molar-refractivity contribution in [3.63, 3.8) is 0 Å². The third-order valence-electron chi connectivity index (χ3n) is 15.2. The van der Waals surface area contributed by atoms with Crippen LogP contribution in [0.15, 0.2) is 206 Å². The number of aromatic amines is 1. The molecule has 8 aromatic carbocycles. The predicted octanol–water partition coefficient (Wildman–Crippen LogP) is 18.0. The number of anilines is 2. The molecule has 2 amide bonds. The molecule has 23 heteroatoms. The van der Waals surface area contributed by atoms with Gasteiger partial charge >= 0.3 is 143 Å². The molecule has 0 spiro atoms. The van der Waals surface area contributed by atoms with Gasteiger partial charge in [-0.2, -0.15) is 31.0 Å². The Morgan fingerprint density at radius 3 is 1.13 bits per heavy atom. The van der Waals surface area contributed by atoms with Crippen LogP contribution in [0.1, 0.15) is 101 Å². The third kappa shape index (κ3) is 25.2. The van der Waals surface area contributed by atoms with E-state index >= 15 is 0 Å². The Balaban J connectivity index is 0.000000299. The number of carbonyl (C=O) groups is 4. The van der Waals surface area contributed by atoms with Gasteiger partial charge in [-0.1, -0.05) is 112 Å². The molecular formula is C78H85BiCl6CuN9O6-3. The number of carboxylic acid groups (broad SMARTS) is 2. The predicted molar refractivity (Wildman–Crippen MR) is 415 cm³/mol. The number of carbonyl (C=O) groups excluding carboxylic acids is 2. The SMILES string of the molecule is CC(=O)O.CC(=O)O.Cc1n[nH]c(C)c1C(=O)N1CCN(c2ccc(Cl)cc2Cl)C(c2ccc(Cl)cc2)C1.Cc1nn(-c2ccccc2)c(C)c1C(=O)N1CCN(c2ccc(Cl)cc2Cl)C(c2ccc(Cl)cc2)C1.[CH2-]C.[CH2-]C.[CH2-]C.[NH]=[Cu].c1cc[c]([Bi]([c]2ccccc2)[c]2ccccc2)cc1. The number of H-pyrrole nitrogens is 1. The van der Waals surface area contributed by atoms with E-state index in [0.29, 0.717) is 91.9 Å². The van der Waals surface area contributed by atoms with Crippen molar-refractivity contribution in [3.8, 4) is 5.69 Å². The van der Waals surface area contributed by atoms with E-state index in [9.17, 15) is 9.59 Å². The van der Waals surface area contributed by atoms with E-state index in [1.54, 1.807) is 32.9 Å². The van der Waals surface area contributed by atoms with E-state index < -0.39 is 33.7 Å². The second-order valence-electron chi connectivity index (χ2n) is 21.7. The molecule has 4 heterocycles. The van der Waals surface area contributed by atoms with Crippen LogP contribution in [0.5, 0.6) is 0 Å². The number of hydrogen-bond acceptors (Lipinski definition) is 9. The van der Waals surface area contributed by atoms with Crippen LogP contribution in [-0.2, 0) is 25.4 Å². The number of amides is 2. The first-order chi connectivity index (χ1) is 48.6. The van der Waals surface area contributed by atoms with Gasteiger partial charge in [0.1, 0.15) is 0 Å². The van der Waals surface area contributed by atoms with Gasteiger partial charge in [0.2, 0.25) is 0 Å². The van der Waals surface area contributed by atoms with Gasteiger partial charge < -0.3 is 50.6 Å². The Hall–Kier alpha value is -7.40. The summed E-state index contributed by atoms with van der Waals surface area (Å²) in [6, 6.07) is 69.1. The van der Waals surface area contributed by atoms with E-state index in [4.69, 9.17) is 93.8 Å². The van der Waals surface area contributed by atoms with E-state index in [0.717, 1.165) is 53.4 Å². The van der Waals surface area contributed by atoms with Crippen LogP contribution in [0.2, 0.25) is 30.1 Å². The van der Waals surface area contributed by atoms with Crippen LogP contribution >= 0.6 is 69.6 Å². The Kier molecular flexibility index (Phi) is 38.2. The average molecular weight is 1730 g/mol. The number of para-hydroxylation sites is 1. The zero-order valence-electron chi connectivity index (χ0n) is 57.8. The standard InChI is InChI=1S/C28H25Cl3N4O.C22H21Cl3N4O.3C6H5.2C2H4O2.3C2H5.Bi.Cu.HN/c1-18-27(19(2)35(32-18)23-6-4-3-5-7-23)28(36)33-14-15-34(25-13-12-22(30)16-24(25)31)26(17-33)20-8-10-21(29)11-9-20;1-13-21(14(2)27-26-13)22(30)28-9-10-29(19-8-7-17(24)11-18(19)25)20(12-28)15-3-5-16(23)6-4-15;3*1-2-4-6-5-3-1;2*1-2(3)4;3*1-2;;;/h3-13,16,26H,14-15,17H2,1-2H3;3-8,11,20H,9-10,12H2,1-2H3,(H,26,27);3*1-5H;2*1H3,(H,3,4);3*1H2,2H3;;;1H/q;;;;;;;3*-1;;;. The van der Waals surface area contributed by atoms with Gasteiger partial charge in [0.25, 0.3) is 23.8 Å². The molecule has 0 aliphatic carbocycles. The van der Waals surface area contributed by atoms with Crippen LogP contribution in [0.25, 0.3) is 5.69 Å². The van der Waals surface area contributed by atoms with Crippen molar-refractivity contribution >= 4 is 136 Å². The molecule has 15 nitrogen and oxygen atoms in total. The topological polar surface area (TPSA) is 192 Å². The monoisotopic (exact) mass is 1730 g/mol. The summed E-state index contributed by atoms with van der Waals surface area (Å²) in [7, 11) is 0. The quantitative estimate of drug-likeness (QED) is 0.0757. The first-order valence-corrected chi connectivity index (χ1v) is 39.8. The van der Waals surface area contributed by atoms with Gasteiger partial charge in [0.05, 0.1) is 67.4 Å². The van der Waals surface area contributed by atoms with Gasteiger partial charge in [-0.05, 0) is 112 Å². The Morgan fingerprint density at radius 2 is 0.802 bits per heavy atom. The Bertz CT molecular complexity index is 4030. The van der Waals surface area contributed by atoms with Crippen molar-refractivity contribution in [1.82, 2.24) is 29.8 Å². The van der Waals surface area contributed by atoms with Gasteiger partial charge in [-0.3, -0.25) is 24.3 Å². The number of rotatable bonds is 10. The summed E-state index contributed by atoms with van der Waals surface area (Å²) in [4.78, 5) is 53.4. The summed E-state index contributed by atoms with van der Waals surface area (Å²) >= 11 is 39.0. The number of halogens is 6. The molecule has 539 valence electrons. The van der Waals surface area contributed by atoms with Gasteiger partial charge in [-0.15, -0.1) is 0 Å². The molecule has 2 unspecified atom stereocenters. The Labute approximate surface area is 641 Å². The fraction of sp³-hybridized carbons (Fsp3) is 0.218. The first-order valence-electron chi connectivity index (χ1n) is 31.9. The molecule has 2 fully saturated rings. The molecule has 2 aliphatic heterocycles. The molecule has 4 N–H and O–H groups in total. The second kappa shape index (κ2) is 44.9. The molecule has 2 saturated heterocycles. The number of piperazine rings is 2. The summed E-state index contributed by atoms with van der Waals surface area (Å²) in [6.45, 7) is 28.1. The molecule has 2 aromatic heterocycles. The second-order valence-corrected chi connectivity index (χ2v) is 32.9. The zero-order valence-corrected chi connectivity index (χ0v) is 66.8. The molecule has 10 aromatic rings. The number of hydrogen-bond donors (Lipinski definition) is 4. The summed E-state index contributed by atoms with van der Waals surface area (Å²) in [5.74, 6) is -1.70. The summed E-state index contributed by atoms with van der Waals surface area (Å²) < 4.78 is 11.8. The van der Waals surface area contributed by atoms with E-state index in [1.165, 1.54) is 9.81 Å². The van der Waals surface area contributed by atoms with Crippen molar-refractivity contribution in [2.45, 2.75) is 74.4 Å². The zero-order chi connectivity index (χ0) is 74.9. The van der Waals surface area contributed by atoms with Crippen LogP contribution in [0.3, 0.4) is 0 Å². The normalized spacial score (nSPS) is 13.4. The van der Waals surface area contributed by atoms with Crippen LogP contribution in [-0.4, -0.2) is 125 Å². The summed E-state index contributed by atoms with van der Waals surface area (Å²) in [5.41, 5.74) is 9.14. The number of aromatic nitrogens is 4. The molecule has 2 atom stereocenters. The van der Waals surface area contributed by atoms with Gasteiger partial charge in [0.15, 0.2) is 0 Å². The van der Waals surface area contributed by atoms with Crippen molar-refractivity contribution in [2.75, 3.05) is 49.1 Å². The number of aryl methyl sites for hydroxylation is 3. The third-order valence-corrected chi connectivity index (χ3v) is 26.3. The maximum absolute atomic E-state index is 13.9. The minimum atomic E-state index is -2.06. The van der Waals surface area contributed by atoms with Crippen LogP contribution < -0.4 is 19.6 Å². The van der Waals surface area contributed by atoms with E-state index in [2.05, 4.69) is 153 Å². The average Bonchev–Trinajstić information content (AvgIpc) is 1.52. The Morgan fingerprint density at radius 1 is 0.475 bits per heavy atom. The number of nitrogens with one attached hydrogen (secondary N) is 2. The molecule has 0 saturated carbocycles. The van der Waals surface area contributed by atoms with Crippen LogP contribution in [0, 0.1) is 52.8 Å². The summed E-state index contributed by atoms with van der Waals surface area (Å²) in [6.07, 6.45) is 0. The van der Waals surface area contributed by atoms with Crippen molar-refractivity contribution < 1.29 is 45.2 Å². The number of nitrogens with zero attached hydrogens (tertiary/aromatic N) is 7. The minimum absolute atomic E-state index is 0.0143. The molecule has 0 radical (unpaired) electrons. The van der Waals surface area contributed by atoms with Crippen LogP contribution in [0.4, 0.5) is 11.4 Å². The number of carboxylic acids is 2. The molecule has 101 heavy (non-hydrogen) atoms. The van der Waals surface area contributed by atoms with Crippen molar-refractivity contribution in [1.29, 1.82) is 4.38 Å². The van der Waals surface area contributed by atoms with Crippen molar-refractivity contribution in [3.05, 3.63) is 302 Å². The molecular weight excluding hydrogens is 1640 g/mol. The molecule has 0 bridgehead atoms. The first kappa shape index (κ1) is 86.0. The van der Waals surface area contributed by atoms with E-state index in [1.807, 2.05) is 145 Å². The number of benzene rings is 8.